The fourth-order valence-corrected chi connectivity index (χ4v) is 2.43. The van der Waals surface area contributed by atoms with Gasteiger partial charge in [0.1, 0.15) is 11.6 Å². The normalized spacial score (nSPS) is 12.1. The van der Waals surface area contributed by atoms with E-state index < -0.39 is 0 Å². The summed E-state index contributed by atoms with van der Waals surface area (Å²) in [6, 6.07) is 6.06. The van der Waals surface area contributed by atoms with Crippen LogP contribution in [0.15, 0.2) is 18.2 Å². The van der Waals surface area contributed by atoms with Gasteiger partial charge in [0.25, 0.3) is 0 Å². The molecule has 1 heterocycles. The lowest BCUT2D eigenvalue weighted by Gasteiger charge is -2.19. The van der Waals surface area contributed by atoms with E-state index in [9.17, 15) is 0 Å². The van der Waals surface area contributed by atoms with Gasteiger partial charge in [0, 0.05) is 24.9 Å². The predicted octanol–water partition coefficient (Wildman–Crippen LogP) is 4.26. The number of nitrogens with zero attached hydrogens (tertiary/aromatic N) is 2. The Balaban J connectivity index is 2.40. The van der Waals surface area contributed by atoms with Crippen LogP contribution in [0.2, 0.25) is 0 Å². The first-order valence-electron chi connectivity index (χ1n) is 7.04. The molecule has 0 saturated carbocycles. The molecule has 0 aliphatic carbocycles. The largest absolute Gasteiger partial charge is 0.497 e. The summed E-state index contributed by atoms with van der Waals surface area (Å²) in [4.78, 5) is 4.71. The van der Waals surface area contributed by atoms with Crippen molar-refractivity contribution in [3.63, 3.8) is 0 Å². The van der Waals surface area contributed by atoms with Gasteiger partial charge in [0.05, 0.1) is 18.1 Å². The number of fused-ring (bicyclic) bond motifs is 1. The van der Waals surface area contributed by atoms with Crippen molar-refractivity contribution in [1.29, 1.82) is 0 Å². The van der Waals surface area contributed by atoms with Crippen LogP contribution in [0.5, 0.6) is 5.75 Å². The zero-order chi connectivity index (χ0) is 14.8. The molecule has 3 nitrogen and oxygen atoms in total. The topological polar surface area (TPSA) is 27.1 Å². The van der Waals surface area contributed by atoms with Crippen LogP contribution >= 0.6 is 11.6 Å². The standard InChI is InChI=1S/C16H23ClN2O/c1-16(2,3)8-10-19-14-6-5-12(20-4)11-13(14)18-15(19)7-9-17/h5-6,11H,7-10H2,1-4H3. The van der Waals surface area contributed by atoms with Crippen molar-refractivity contribution in [2.45, 2.75) is 40.2 Å². The molecule has 0 saturated heterocycles. The van der Waals surface area contributed by atoms with E-state index in [0.717, 1.165) is 42.0 Å². The van der Waals surface area contributed by atoms with Crippen molar-refractivity contribution in [1.82, 2.24) is 9.55 Å². The molecule has 0 aliphatic rings. The van der Waals surface area contributed by atoms with E-state index >= 15 is 0 Å². The Morgan fingerprint density at radius 2 is 2.05 bits per heavy atom. The molecule has 0 atom stereocenters. The molecule has 0 radical (unpaired) electrons. The van der Waals surface area contributed by atoms with E-state index in [2.05, 4.69) is 31.4 Å². The van der Waals surface area contributed by atoms with Crippen LogP contribution in [0.25, 0.3) is 11.0 Å². The Kier molecular flexibility index (Phi) is 4.59. The highest BCUT2D eigenvalue weighted by atomic mass is 35.5. The second kappa shape index (κ2) is 6.04. The average Bonchev–Trinajstić information content (AvgIpc) is 2.72. The maximum Gasteiger partial charge on any atom is 0.121 e. The number of imidazole rings is 1. The highest BCUT2D eigenvalue weighted by Crippen LogP contribution is 2.25. The lowest BCUT2D eigenvalue weighted by Crippen LogP contribution is -2.12. The quantitative estimate of drug-likeness (QED) is 0.770. The minimum atomic E-state index is 0.307. The van der Waals surface area contributed by atoms with Crippen LogP contribution in [-0.2, 0) is 13.0 Å². The summed E-state index contributed by atoms with van der Waals surface area (Å²) < 4.78 is 7.56. The van der Waals surface area contributed by atoms with Crippen LogP contribution in [0.1, 0.15) is 33.0 Å². The van der Waals surface area contributed by atoms with E-state index in [-0.39, 0.29) is 0 Å². The predicted molar refractivity (Wildman–Crippen MR) is 84.8 cm³/mol. The molecule has 2 rings (SSSR count). The first-order chi connectivity index (χ1) is 9.44. The van der Waals surface area contributed by atoms with Crippen LogP contribution in [0.4, 0.5) is 0 Å². The number of ether oxygens (including phenoxy) is 1. The number of alkyl halides is 1. The molecule has 4 heteroatoms. The molecule has 0 bridgehead atoms. The van der Waals surface area contributed by atoms with E-state index in [4.69, 9.17) is 21.3 Å². The summed E-state index contributed by atoms with van der Waals surface area (Å²) in [5.41, 5.74) is 2.45. The average molecular weight is 295 g/mol. The Labute approximate surface area is 125 Å². The third-order valence-corrected chi connectivity index (χ3v) is 3.63. The fraction of sp³-hybridized carbons (Fsp3) is 0.562. The molecular weight excluding hydrogens is 272 g/mol. The highest BCUT2D eigenvalue weighted by Gasteiger charge is 2.15. The van der Waals surface area contributed by atoms with Crippen LogP contribution in [0.3, 0.4) is 0 Å². The van der Waals surface area contributed by atoms with Crippen molar-refractivity contribution in [2.24, 2.45) is 5.41 Å². The maximum atomic E-state index is 5.91. The monoisotopic (exact) mass is 294 g/mol. The molecule has 0 aliphatic heterocycles. The van der Waals surface area contributed by atoms with Crippen molar-refractivity contribution in [3.05, 3.63) is 24.0 Å². The summed E-state index contributed by atoms with van der Waals surface area (Å²) in [7, 11) is 1.68. The molecule has 2 aromatic rings. The minimum absolute atomic E-state index is 0.307. The molecule has 0 fully saturated rings. The number of aryl methyl sites for hydroxylation is 2. The van der Waals surface area contributed by atoms with Crippen molar-refractivity contribution < 1.29 is 4.74 Å². The molecule has 0 unspecified atom stereocenters. The first-order valence-corrected chi connectivity index (χ1v) is 7.57. The van der Waals surface area contributed by atoms with Gasteiger partial charge >= 0.3 is 0 Å². The summed E-state index contributed by atoms with van der Waals surface area (Å²) in [6.45, 7) is 7.75. The molecule has 20 heavy (non-hydrogen) atoms. The SMILES string of the molecule is COc1ccc2c(c1)nc(CCCl)n2CCC(C)(C)C. The van der Waals surface area contributed by atoms with Gasteiger partial charge in [-0.3, -0.25) is 0 Å². The molecule has 1 aromatic heterocycles. The summed E-state index contributed by atoms with van der Waals surface area (Å²) >= 11 is 5.91. The van der Waals surface area contributed by atoms with Crippen molar-refractivity contribution in [3.8, 4) is 5.75 Å². The van der Waals surface area contributed by atoms with Crippen molar-refractivity contribution >= 4 is 22.6 Å². The second-order valence-electron chi connectivity index (χ2n) is 6.28. The lowest BCUT2D eigenvalue weighted by molar-refractivity contribution is 0.350. The van der Waals surface area contributed by atoms with Gasteiger partial charge < -0.3 is 9.30 Å². The van der Waals surface area contributed by atoms with E-state index in [1.807, 2.05) is 12.1 Å². The first kappa shape index (κ1) is 15.2. The van der Waals surface area contributed by atoms with Gasteiger partial charge in [-0.25, -0.2) is 4.98 Å². The summed E-state index contributed by atoms with van der Waals surface area (Å²) in [5, 5.41) is 0. The van der Waals surface area contributed by atoms with Gasteiger partial charge in [-0.15, -0.1) is 11.6 Å². The van der Waals surface area contributed by atoms with Gasteiger partial charge in [0.15, 0.2) is 0 Å². The molecule has 110 valence electrons. The Bertz CT molecular complexity index is 584. The molecule has 0 N–H and O–H groups in total. The lowest BCUT2D eigenvalue weighted by atomic mass is 9.92. The third-order valence-electron chi connectivity index (χ3n) is 3.44. The number of hydrogen-bond donors (Lipinski definition) is 0. The van der Waals surface area contributed by atoms with E-state index in [1.165, 1.54) is 0 Å². The Morgan fingerprint density at radius 3 is 2.65 bits per heavy atom. The summed E-state index contributed by atoms with van der Waals surface area (Å²) in [5.74, 6) is 2.50. The molecule has 1 aromatic carbocycles. The smallest absolute Gasteiger partial charge is 0.121 e. The van der Waals surface area contributed by atoms with E-state index in [0.29, 0.717) is 11.3 Å². The van der Waals surface area contributed by atoms with Gasteiger partial charge in [-0.05, 0) is 24.0 Å². The number of benzene rings is 1. The fourth-order valence-electron chi connectivity index (χ4n) is 2.26. The zero-order valence-corrected chi connectivity index (χ0v) is 13.5. The number of hydrogen-bond acceptors (Lipinski definition) is 2. The molecule has 0 spiro atoms. The number of rotatable bonds is 5. The van der Waals surface area contributed by atoms with Crippen molar-refractivity contribution in [2.75, 3.05) is 13.0 Å². The van der Waals surface area contributed by atoms with Crippen LogP contribution < -0.4 is 4.74 Å². The summed E-state index contributed by atoms with van der Waals surface area (Å²) in [6.07, 6.45) is 1.91. The highest BCUT2D eigenvalue weighted by molar-refractivity contribution is 6.17. The second-order valence-corrected chi connectivity index (χ2v) is 6.66. The Morgan fingerprint density at radius 1 is 1.30 bits per heavy atom. The van der Waals surface area contributed by atoms with Gasteiger partial charge in [-0.2, -0.15) is 0 Å². The third kappa shape index (κ3) is 3.45. The number of methoxy groups -OCH3 is 1. The van der Waals surface area contributed by atoms with E-state index in [1.54, 1.807) is 7.11 Å². The number of halogens is 1. The molecule has 0 amide bonds. The zero-order valence-electron chi connectivity index (χ0n) is 12.7. The van der Waals surface area contributed by atoms with Crippen LogP contribution in [0, 0.1) is 5.41 Å². The number of aromatic nitrogens is 2. The minimum Gasteiger partial charge on any atom is -0.497 e. The van der Waals surface area contributed by atoms with Crippen LogP contribution in [-0.4, -0.2) is 22.5 Å². The van der Waals surface area contributed by atoms with Gasteiger partial charge in [-0.1, -0.05) is 20.8 Å². The molecular formula is C16H23ClN2O. The maximum absolute atomic E-state index is 5.91. The Hall–Kier alpha value is -1.22. The van der Waals surface area contributed by atoms with Gasteiger partial charge in [0.2, 0.25) is 0 Å².